The Kier molecular flexibility index (Phi) is 6.49. The SMILES string of the molecule is CC(C)(CCN)CCC(=O)NCCCn1ccnn1. The minimum atomic E-state index is 0.115. The molecule has 0 aliphatic carbocycles. The maximum absolute atomic E-state index is 11.7. The third-order valence-electron chi connectivity index (χ3n) is 3.21. The van der Waals surface area contributed by atoms with E-state index in [-0.39, 0.29) is 11.3 Å². The number of nitrogens with one attached hydrogen (secondary N) is 1. The van der Waals surface area contributed by atoms with Gasteiger partial charge in [-0.3, -0.25) is 9.48 Å². The van der Waals surface area contributed by atoms with Crippen molar-refractivity contribution in [3.05, 3.63) is 12.4 Å². The molecule has 1 aromatic rings. The minimum absolute atomic E-state index is 0.115. The van der Waals surface area contributed by atoms with E-state index in [0.717, 1.165) is 25.8 Å². The van der Waals surface area contributed by atoms with Crippen LogP contribution in [-0.4, -0.2) is 34.0 Å². The van der Waals surface area contributed by atoms with Crippen LogP contribution in [0, 0.1) is 5.41 Å². The number of nitrogens with zero attached hydrogens (tertiary/aromatic N) is 3. The Morgan fingerprint density at radius 1 is 1.42 bits per heavy atom. The van der Waals surface area contributed by atoms with Crippen molar-refractivity contribution in [2.75, 3.05) is 13.1 Å². The van der Waals surface area contributed by atoms with Gasteiger partial charge in [0.15, 0.2) is 0 Å². The van der Waals surface area contributed by atoms with Gasteiger partial charge in [-0.2, -0.15) is 0 Å². The normalized spacial score (nSPS) is 11.5. The molecule has 0 spiro atoms. The van der Waals surface area contributed by atoms with Gasteiger partial charge < -0.3 is 11.1 Å². The van der Waals surface area contributed by atoms with Crippen LogP contribution < -0.4 is 11.1 Å². The zero-order chi connectivity index (χ0) is 14.1. The number of carbonyl (C=O) groups is 1. The maximum Gasteiger partial charge on any atom is 0.220 e. The fraction of sp³-hybridized carbons (Fsp3) is 0.769. The van der Waals surface area contributed by atoms with Crippen molar-refractivity contribution >= 4 is 5.91 Å². The molecule has 108 valence electrons. The van der Waals surface area contributed by atoms with Gasteiger partial charge in [0.1, 0.15) is 0 Å². The van der Waals surface area contributed by atoms with Crippen LogP contribution in [0.3, 0.4) is 0 Å². The lowest BCUT2D eigenvalue weighted by Crippen LogP contribution is -2.27. The summed E-state index contributed by atoms with van der Waals surface area (Å²) in [7, 11) is 0. The summed E-state index contributed by atoms with van der Waals surface area (Å²) >= 11 is 0. The Morgan fingerprint density at radius 2 is 2.21 bits per heavy atom. The van der Waals surface area contributed by atoms with Gasteiger partial charge in [0, 0.05) is 25.7 Å². The van der Waals surface area contributed by atoms with Crippen molar-refractivity contribution in [3.63, 3.8) is 0 Å². The summed E-state index contributed by atoms with van der Waals surface area (Å²) in [6, 6.07) is 0. The van der Waals surface area contributed by atoms with Gasteiger partial charge in [-0.05, 0) is 31.2 Å². The van der Waals surface area contributed by atoms with Gasteiger partial charge in [-0.15, -0.1) is 5.10 Å². The van der Waals surface area contributed by atoms with E-state index in [1.807, 2.05) is 6.20 Å². The van der Waals surface area contributed by atoms with Gasteiger partial charge in [-0.25, -0.2) is 0 Å². The minimum Gasteiger partial charge on any atom is -0.356 e. The van der Waals surface area contributed by atoms with Crippen LogP contribution in [0.25, 0.3) is 0 Å². The molecule has 6 heteroatoms. The van der Waals surface area contributed by atoms with Gasteiger partial charge in [0.2, 0.25) is 5.91 Å². The Balaban J connectivity index is 2.08. The summed E-state index contributed by atoms with van der Waals surface area (Å²) in [5.41, 5.74) is 5.70. The summed E-state index contributed by atoms with van der Waals surface area (Å²) in [4.78, 5) is 11.7. The molecule has 0 atom stereocenters. The molecule has 0 saturated carbocycles. The molecule has 0 aromatic carbocycles. The van der Waals surface area contributed by atoms with Gasteiger partial charge in [0.05, 0.1) is 6.20 Å². The maximum atomic E-state index is 11.7. The Labute approximate surface area is 114 Å². The quantitative estimate of drug-likeness (QED) is 0.652. The highest BCUT2D eigenvalue weighted by molar-refractivity contribution is 5.75. The molecule has 1 rings (SSSR count). The van der Waals surface area contributed by atoms with E-state index >= 15 is 0 Å². The van der Waals surface area contributed by atoms with Crippen LogP contribution in [0.4, 0.5) is 0 Å². The Bertz CT molecular complexity index is 361. The second-order valence-corrected chi connectivity index (χ2v) is 5.57. The third-order valence-corrected chi connectivity index (χ3v) is 3.21. The molecule has 0 saturated heterocycles. The van der Waals surface area contributed by atoms with E-state index in [2.05, 4.69) is 29.5 Å². The molecule has 6 nitrogen and oxygen atoms in total. The van der Waals surface area contributed by atoms with E-state index in [4.69, 9.17) is 5.73 Å². The van der Waals surface area contributed by atoms with Crippen molar-refractivity contribution in [3.8, 4) is 0 Å². The first-order chi connectivity index (χ1) is 9.03. The van der Waals surface area contributed by atoms with Crippen molar-refractivity contribution in [2.45, 2.75) is 46.1 Å². The average molecular weight is 267 g/mol. The van der Waals surface area contributed by atoms with Crippen LogP contribution in [-0.2, 0) is 11.3 Å². The summed E-state index contributed by atoms with van der Waals surface area (Å²) in [5.74, 6) is 0.115. The number of nitrogens with two attached hydrogens (primary N) is 1. The molecule has 1 amide bonds. The highest BCUT2D eigenvalue weighted by Gasteiger charge is 2.17. The highest BCUT2D eigenvalue weighted by Crippen LogP contribution is 2.25. The number of amides is 1. The Morgan fingerprint density at radius 3 is 2.84 bits per heavy atom. The molecular formula is C13H25N5O. The number of rotatable bonds is 9. The second-order valence-electron chi connectivity index (χ2n) is 5.57. The van der Waals surface area contributed by atoms with Crippen molar-refractivity contribution in [1.82, 2.24) is 20.3 Å². The molecule has 0 bridgehead atoms. The molecule has 0 aliphatic rings. The van der Waals surface area contributed by atoms with E-state index in [1.54, 1.807) is 10.9 Å². The average Bonchev–Trinajstić information content (AvgIpc) is 2.85. The summed E-state index contributed by atoms with van der Waals surface area (Å²) < 4.78 is 1.76. The molecular weight excluding hydrogens is 242 g/mol. The highest BCUT2D eigenvalue weighted by atomic mass is 16.1. The first-order valence-corrected chi connectivity index (χ1v) is 6.84. The number of carbonyl (C=O) groups excluding carboxylic acids is 1. The second kappa shape index (κ2) is 7.89. The lowest BCUT2D eigenvalue weighted by Gasteiger charge is -2.23. The fourth-order valence-electron chi connectivity index (χ4n) is 1.88. The van der Waals surface area contributed by atoms with E-state index in [9.17, 15) is 4.79 Å². The van der Waals surface area contributed by atoms with E-state index < -0.39 is 0 Å². The predicted molar refractivity (Wildman–Crippen MR) is 74.3 cm³/mol. The summed E-state index contributed by atoms with van der Waals surface area (Å²) in [5, 5.41) is 10.5. The largest absolute Gasteiger partial charge is 0.356 e. The van der Waals surface area contributed by atoms with Crippen LogP contribution in [0.5, 0.6) is 0 Å². The third kappa shape index (κ3) is 6.91. The van der Waals surface area contributed by atoms with E-state index in [1.165, 1.54) is 0 Å². The van der Waals surface area contributed by atoms with Crippen molar-refractivity contribution in [1.29, 1.82) is 0 Å². The zero-order valence-electron chi connectivity index (χ0n) is 11.9. The Hall–Kier alpha value is -1.43. The number of hydrogen-bond acceptors (Lipinski definition) is 4. The van der Waals surface area contributed by atoms with Crippen LogP contribution in [0.1, 0.15) is 39.5 Å². The molecule has 1 heterocycles. The first-order valence-electron chi connectivity index (χ1n) is 6.84. The lowest BCUT2D eigenvalue weighted by atomic mass is 9.84. The molecule has 0 unspecified atom stereocenters. The summed E-state index contributed by atoms with van der Waals surface area (Å²) in [6.45, 7) is 6.43. The summed E-state index contributed by atoms with van der Waals surface area (Å²) in [6.07, 6.45) is 6.72. The monoisotopic (exact) mass is 267 g/mol. The standard InChI is InChI=1S/C13H25N5O/c1-13(2,6-7-14)5-4-12(19)15-8-3-10-18-11-9-16-17-18/h9,11H,3-8,10,14H2,1-2H3,(H,15,19). The molecule has 1 aromatic heterocycles. The fourth-order valence-corrected chi connectivity index (χ4v) is 1.88. The molecule has 19 heavy (non-hydrogen) atoms. The van der Waals surface area contributed by atoms with Crippen LogP contribution in [0.15, 0.2) is 12.4 Å². The van der Waals surface area contributed by atoms with Gasteiger partial charge in [0.25, 0.3) is 0 Å². The lowest BCUT2D eigenvalue weighted by molar-refractivity contribution is -0.121. The van der Waals surface area contributed by atoms with Gasteiger partial charge in [-0.1, -0.05) is 19.1 Å². The predicted octanol–water partition coefficient (Wildman–Crippen LogP) is 0.940. The number of hydrogen-bond donors (Lipinski definition) is 2. The van der Waals surface area contributed by atoms with E-state index in [0.29, 0.717) is 19.5 Å². The number of aryl methyl sites for hydroxylation is 1. The van der Waals surface area contributed by atoms with Gasteiger partial charge >= 0.3 is 0 Å². The first kappa shape index (κ1) is 15.6. The van der Waals surface area contributed by atoms with Crippen LogP contribution >= 0.6 is 0 Å². The van der Waals surface area contributed by atoms with Crippen LogP contribution in [0.2, 0.25) is 0 Å². The smallest absolute Gasteiger partial charge is 0.220 e. The molecule has 0 radical (unpaired) electrons. The molecule has 0 aliphatic heterocycles. The molecule has 0 fully saturated rings. The topological polar surface area (TPSA) is 85.8 Å². The molecule has 3 N–H and O–H groups in total. The number of aromatic nitrogens is 3. The van der Waals surface area contributed by atoms with Crippen molar-refractivity contribution < 1.29 is 4.79 Å². The van der Waals surface area contributed by atoms with Crippen molar-refractivity contribution in [2.24, 2.45) is 11.1 Å². The zero-order valence-corrected chi connectivity index (χ0v) is 11.9.